The van der Waals surface area contributed by atoms with Gasteiger partial charge in [-0.05, 0) is 42.3 Å². The van der Waals surface area contributed by atoms with Gasteiger partial charge in [-0.25, -0.2) is 4.79 Å². The van der Waals surface area contributed by atoms with Crippen molar-refractivity contribution in [3.05, 3.63) is 84.9 Å². The summed E-state index contributed by atoms with van der Waals surface area (Å²) >= 11 is 0. The monoisotopic (exact) mass is 347 g/mol. The van der Waals surface area contributed by atoms with Crippen LogP contribution in [0, 0.1) is 0 Å². The van der Waals surface area contributed by atoms with E-state index in [4.69, 9.17) is 9.47 Å². The highest BCUT2D eigenvalue weighted by molar-refractivity contribution is 5.67. The van der Waals surface area contributed by atoms with E-state index in [0.29, 0.717) is 5.75 Å². The SMILES string of the molecule is CC(OC(=O)Oc1ccc(-c2ccccc2)cc1)N(C)c1ccccc1. The fraction of sp³-hybridized carbons (Fsp3) is 0.136. The highest BCUT2D eigenvalue weighted by Crippen LogP contribution is 2.22. The van der Waals surface area contributed by atoms with Crippen molar-refractivity contribution in [1.82, 2.24) is 0 Å². The van der Waals surface area contributed by atoms with Gasteiger partial charge in [0, 0.05) is 12.7 Å². The summed E-state index contributed by atoms with van der Waals surface area (Å²) < 4.78 is 10.6. The largest absolute Gasteiger partial charge is 0.515 e. The van der Waals surface area contributed by atoms with Gasteiger partial charge in [-0.3, -0.25) is 0 Å². The number of rotatable bonds is 5. The predicted octanol–water partition coefficient (Wildman–Crippen LogP) is 5.35. The summed E-state index contributed by atoms with van der Waals surface area (Å²) in [5.41, 5.74) is 3.13. The Morgan fingerprint density at radius 3 is 1.96 bits per heavy atom. The fourth-order valence-electron chi connectivity index (χ4n) is 2.56. The number of para-hydroxylation sites is 1. The highest BCUT2D eigenvalue weighted by atomic mass is 16.7. The molecule has 0 N–H and O–H groups in total. The molecule has 132 valence electrons. The average Bonchev–Trinajstić information content (AvgIpc) is 2.69. The minimum absolute atomic E-state index is 0.448. The minimum Gasteiger partial charge on any atom is -0.410 e. The Morgan fingerprint density at radius 1 is 0.808 bits per heavy atom. The molecule has 0 spiro atoms. The molecule has 0 radical (unpaired) electrons. The lowest BCUT2D eigenvalue weighted by Crippen LogP contribution is -2.34. The molecule has 4 nitrogen and oxygen atoms in total. The Hall–Kier alpha value is -3.27. The van der Waals surface area contributed by atoms with Crippen LogP contribution < -0.4 is 9.64 Å². The van der Waals surface area contributed by atoms with Crippen LogP contribution in [0.1, 0.15) is 6.92 Å². The van der Waals surface area contributed by atoms with Crippen molar-refractivity contribution in [2.24, 2.45) is 0 Å². The van der Waals surface area contributed by atoms with Crippen LogP contribution >= 0.6 is 0 Å². The Balaban J connectivity index is 1.58. The molecule has 0 aliphatic carbocycles. The zero-order valence-electron chi connectivity index (χ0n) is 14.8. The first-order valence-electron chi connectivity index (χ1n) is 8.45. The molecule has 0 amide bonds. The van der Waals surface area contributed by atoms with Crippen molar-refractivity contribution in [3.8, 4) is 16.9 Å². The van der Waals surface area contributed by atoms with Gasteiger partial charge in [0.05, 0.1) is 0 Å². The third kappa shape index (κ3) is 4.42. The quantitative estimate of drug-likeness (QED) is 0.354. The Morgan fingerprint density at radius 2 is 1.35 bits per heavy atom. The van der Waals surface area contributed by atoms with Gasteiger partial charge >= 0.3 is 6.16 Å². The molecule has 26 heavy (non-hydrogen) atoms. The van der Waals surface area contributed by atoms with Crippen LogP contribution in [-0.4, -0.2) is 19.4 Å². The molecule has 0 heterocycles. The lowest BCUT2D eigenvalue weighted by molar-refractivity contribution is 0.0661. The first-order chi connectivity index (χ1) is 12.6. The maximum absolute atomic E-state index is 12.0. The van der Waals surface area contributed by atoms with Crippen LogP contribution in [0.2, 0.25) is 0 Å². The number of benzene rings is 3. The average molecular weight is 347 g/mol. The lowest BCUT2D eigenvalue weighted by Gasteiger charge is -2.26. The van der Waals surface area contributed by atoms with E-state index in [1.165, 1.54) is 0 Å². The van der Waals surface area contributed by atoms with Crippen LogP contribution in [0.4, 0.5) is 10.5 Å². The van der Waals surface area contributed by atoms with E-state index < -0.39 is 12.4 Å². The fourth-order valence-corrected chi connectivity index (χ4v) is 2.56. The summed E-state index contributed by atoms with van der Waals surface area (Å²) in [5.74, 6) is 0.448. The zero-order valence-corrected chi connectivity index (χ0v) is 14.8. The number of carbonyl (C=O) groups excluding carboxylic acids is 1. The van der Waals surface area contributed by atoms with Gasteiger partial charge in [0.2, 0.25) is 0 Å². The molecule has 0 fully saturated rings. The topological polar surface area (TPSA) is 38.8 Å². The summed E-state index contributed by atoms with van der Waals surface area (Å²) in [7, 11) is 1.86. The van der Waals surface area contributed by atoms with E-state index in [2.05, 4.69) is 0 Å². The third-order valence-electron chi connectivity index (χ3n) is 4.14. The molecule has 0 aliphatic heterocycles. The summed E-state index contributed by atoms with van der Waals surface area (Å²) in [6.07, 6.45) is -1.18. The Bertz CT molecular complexity index is 832. The molecule has 3 aromatic rings. The standard InChI is InChI=1S/C22H21NO3/c1-17(23(2)20-11-7-4-8-12-20)25-22(24)26-21-15-13-19(14-16-21)18-9-5-3-6-10-18/h3-17H,1-2H3. The van der Waals surface area contributed by atoms with Crippen LogP contribution in [0.25, 0.3) is 11.1 Å². The van der Waals surface area contributed by atoms with Crippen LogP contribution in [0.5, 0.6) is 5.75 Å². The molecule has 0 bridgehead atoms. The number of carbonyl (C=O) groups is 1. The van der Waals surface area contributed by atoms with Crippen LogP contribution in [-0.2, 0) is 4.74 Å². The van der Waals surface area contributed by atoms with Gasteiger partial charge in [-0.1, -0.05) is 60.7 Å². The van der Waals surface area contributed by atoms with E-state index in [0.717, 1.165) is 16.8 Å². The molecule has 4 heteroatoms. The second-order valence-electron chi connectivity index (χ2n) is 5.91. The van der Waals surface area contributed by atoms with E-state index in [1.807, 2.05) is 84.7 Å². The zero-order chi connectivity index (χ0) is 18.4. The van der Waals surface area contributed by atoms with Crippen molar-refractivity contribution >= 4 is 11.8 Å². The van der Waals surface area contributed by atoms with Gasteiger partial charge in [-0.2, -0.15) is 0 Å². The van der Waals surface area contributed by atoms with E-state index in [9.17, 15) is 4.79 Å². The summed E-state index contributed by atoms with van der Waals surface area (Å²) in [5, 5.41) is 0. The number of hydrogen-bond acceptors (Lipinski definition) is 4. The molecule has 0 aliphatic rings. The van der Waals surface area contributed by atoms with Crippen molar-refractivity contribution in [3.63, 3.8) is 0 Å². The molecule has 1 atom stereocenters. The van der Waals surface area contributed by atoms with Gasteiger partial charge in [0.25, 0.3) is 0 Å². The van der Waals surface area contributed by atoms with E-state index >= 15 is 0 Å². The first-order valence-corrected chi connectivity index (χ1v) is 8.45. The van der Waals surface area contributed by atoms with Gasteiger partial charge in [-0.15, -0.1) is 0 Å². The van der Waals surface area contributed by atoms with Crippen molar-refractivity contribution < 1.29 is 14.3 Å². The van der Waals surface area contributed by atoms with Crippen molar-refractivity contribution in [2.45, 2.75) is 13.2 Å². The molecular weight excluding hydrogens is 326 g/mol. The van der Waals surface area contributed by atoms with Crippen molar-refractivity contribution in [2.75, 3.05) is 11.9 Å². The lowest BCUT2D eigenvalue weighted by atomic mass is 10.1. The number of anilines is 1. The van der Waals surface area contributed by atoms with Gasteiger partial charge < -0.3 is 14.4 Å². The summed E-state index contributed by atoms with van der Waals surface area (Å²) in [4.78, 5) is 13.9. The minimum atomic E-state index is -0.729. The highest BCUT2D eigenvalue weighted by Gasteiger charge is 2.16. The maximum atomic E-state index is 12.0. The number of nitrogens with zero attached hydrogens (tertiary/aromatic N) is 1. The number of ether oxygens (including phenoxy) is 2. The van der Waals surface area contributed by atoms with Crippen LogP contribution in [0.15, 0.2) is 84.9 Å². The predicted molar refractivity (Wildman–Crippen MR) is 103 cm³/mol. The second-order valence-corrected chi connectivity index (χ2v) is 5.91. The smallest absolute Gasteiger partial charge is 0.410 e. The van der Waals surface area contributed by atoms with Gasteiger partial charge in [0.1, 0.15) is 5.75 Å². The molecule has 0 saturated carbocycles. The van der Waals surface area contributed by atoms with E-state index in [-0.39, 0.29) is 0 Å². The maximum Gasteiger partial charge on any atom is 0.515 e. The Kier molecular flexibility index (Phi) is 5.54. The van der Waals surface area contributed by atoms with Crippen molar-refractivity contribution in [1.29, 1.82) is 0 Å². The molecular formula is C22H21NO3. The van der Waals surface area contributed by atoms with Crippen LogP contribution in [0.3, 0.4) is 0 Å². The molecule has 3 rings (SSSR count). The summed E-state index contributed by atoms with van der Waals surface area (Å²) in [6, 6.07) is 27.1. The van der Waals surface area contributed by atoms with E-state index in [1.54, 1.807) is 19.1 Å². The molecule has 0 saturated heterocycles. The van der Waals surface area contributed by atoms with Gasteiger partial charge in [0.15, 0.2) is 6.23 Å². The molecule has 3 aromatic carbocycles. The first kappa shape index (κ1) is 17.5. The number of hydrogen-bond donors (Lipinski definition) is 0. The normalized spacial score (nSPS) is 11.5. The molecule has 0 aromatic heterocycles. The third-order valence-corrected chi connectivity index (χ3v) is 4.14. The summed E-state index contributed by atoms with van der Waals surface area (Å²) in [6.45, 7) is 1.80. The second kappa shape index (κ2) is 8.21. The molecule has 1 unspecified atom stereocenters. The Labute approximate surface area is 153 Å².